The Morgan fingerprint density at radius 2 is 1.68 bits per heavy atom. The van der Waals surface area contributed by atoms with Gasteiger partial charge in [0.25, 0.3) is 0 Å². The molecule has 6 nitrogen and oxygen atoms in total. The van der Waals surface area contributed by atoms with Crippen molar-refractivity contribution in [1.29, 1.82) is 0 Å². The molecule has 0 atom stereocenters. The summed E-state index contributed by atoms with van der Waals surface area (Å²) in [5, 5.41) is 0. The quantitative estimate of drug-likeness (QED) is 0.870. The summed E-state index contributed by atoms with van der Waals surface area (Å²) in [5.41, 5.74) is 4.41. The van der Waals surface area contributed by atoms with Crippen LogP contribution in [0, 0.1) is 0 Å². The molecule has 2 rings (SSSR count). The number of carbonyl (C=O) groups excluding carboxylic acids is 1. The van der Waals surface area contributed by atoms with Gasteiger partial charge in [-0.3, -0.25) is 10.3 Å². The second kappa shape index (κ2) is 6.87. The number of hydrogen-bond donors (Lipinski definition) is 1. The second-order valence-electron chi connectivity index (χ2n) is 6.31. The molecule has 0 bridgehead atoms. The average Bonchev–Trinajstić information content (AvgIpc) is 2.47. The van der Waals surface area contributed by atoms with Crippen LogP contribution in [-0.2, 0) is 9.57 Å². The number of rotatable bonds is 3. The molecule has 0 aromatic heterocycles. The Kier molecular flexibility index (Phi) is 5.13. The predicted molar refractivity (Wildman–Crippen MR) is 87.1 cm³/mol. The minimum Gasteiger partial charge on any atom is -0.444 e. The molecule has 0 aliphatic carbocycles. The molecule has 122 valence electrons. The smallest absolute Gasteiger partial charge is 0.410 e. The molecule has 22 heavy (non-hydrogen) atoms. The van der Waals surface area contributed by atoms with E-state index in [1.807, 2.05) is 45.0 Å². The van der Waals surface area contributed by atoms with E-state index in [2.05, 4.69) is 10.4 Å². The molecule has 0 radical (unpaired) electrons. The van der Waals surface area contributed by atoms with Crippen molar-refractivity contribution in [3.8, 4) is 0 Å². The third-order valence-electron chi connectivity index (χ3n) is 3.38. The van der Waals surface area contributed by atoms with Crippen LogP contribution >= 0.6 is 0 Å². The first-order valence-corrected chi connectivity index (χ1v) is 7.51. The van der Waals surface area contributed by atoms with Crippen LogP contribution in [0.15, 0.2) is 24.3 Å². The Morgan fingerprint density at radius 3 is 2.18 bits per heavy atom. The van der Waals surface area contributed by atoms with Crippen LogP contribution in [-0.4, -0.2) is 49.9 Å². The fourth-order valence-electron chi connectivity index (χ4n) is 2.33. The maximum absolute atomic E-state index is 12.0. The van der Waals surface area contributed by atoms with E-state index < -0.39 is 5.60 Å². The highest BCUT2D eigenvalue weighted by Gasteiger charge is 2.25. The molecule has 1 saturated heterocycles. The molecule has 0 spiro atoms. The fourth-order valence-corrected chi connectivity index (χ4v) is 2.33. The number of anilines is 2. The Bertz CT molecular complexity index is 488. The van der Waals surface area contributed by atoms with Crippen LogP contribution in [0.2, 0.25) is 0 Å². The maximum atomic E-state index is 12.0. The van der Waals surface area contributed by atoms with Crippen molar-refractivity contribution in [2.75, 3.05) is 43.7 Å². The molecule has 1 aliphatic rings. The second-order valence-corrected chi connectivity index (χ2v) is 6.31. The Morgan fingerprint density at radius 1 is 1.09 bits per heavy atom. The summed E-state index contributed by atoms with van der Waals surface area (Å²) in [6, 6.07) is 8.03. The summed E-state index contributed by atoms with van der Waals surface area (Å²) in [7, 11) is 1.59. The van der Waals surface area contributed by atoms with Crippen molar-refractivity contribution in [3.05, 3.63) is 24.3 Å². The van der Waals surface area contributed by atoms with Crippen molar-refractivity contribution >= 4 is 17.5 Å². The molecule has 1 heterocycles. The van der Waals surface area contributed by atoms with Gasteiger partial charge in [-0.2, -0.15) is 0 Å². The highest BCUT2D eigenvalue weighted by Crippen LogP contribution is 2.20. The van der Waals surface area contributed by atoms with E-state index in [-0.39, 0.29) is 6.09 Å². The van der Waals surface area contributed by atoms with Gasteiger partial charge in [0, 0.05) is 31.9 Å². The molecule has 1 fully saturated rings. The summed E-state index contributed by atoms with van der Waals surface area (Å²) in [6.45, 7) is 8.61. The minimum atomic E-state index is -0.446. The van der Waals surface area contributed by atoms with Gasteiger partial charge in [0.15, 0.2) is 0 Å². The Balaban J connectivity index is 1.87. The lowest BCUT2D eigenvalue weighted by Crippen LogP contribution is -2.50. The first-order chi connectivity index (χ1) is 10.4. The lowest BCUT2D eigenvalue weighted by molar-refractivity contribution is 0.0240. The summed E-state index contributed by atoms with van der Waals surface area (Å²) >= 11 is 0. The van der Waals surface area contributed by atoms with Crippen LogP contribution in [0.3, 0.4) is 0 Å². The Labute approximate surface area is 131 Å². The van der Waals surface area contributed by atoms with Crippen LogP contribution in [0.5, 0.6) is 0 Å². The van der Waals surface area contributed by atoms with Gasteiger partial charge in [-0.25, -0.2) is 4.79 Å². The number of carbonyl (C=O) groups is 1. The monoisotopic (exact) mass is 307 g/mol. The number of piperazine rings is 1. The van der Waals surface area contributed by atoms with E-state index in [9.17, 15) is 4.79 Å². The SMILES string of the molecule is CONc1ccc(N2CCN(C(=O)OC(C)(C)C)CC2)cc1. The standard InChI is InChI=1S/C16H25N3O3/c1-16(2,3)22-15(20)19-11-9-18(10-12-19)14-7-5-13(6-8-14)17-21-4/h5-8,17H,9-12H2,1-4H3. The molecule has 1 aromatic carbocycles. The van der Waals surface area contributed by atoms with Gasteiger partial charge < -0.3 is 14.5 Å². The van der Waals surface area contributed by atoms with Gasteiger partial charge >= 0.3 is 6.09 Å². The largest absolute Gasteiger partial charge is 0.444 e. The number of hydrogen-bond acceptors (Lipinski definition) is 5. The number of benzene rings is 1. The first-order valence-electron chi connectivity index (χ1n) is 7.51. The van der Waals surface area contributed by atoms with E-state index in [1.165, 1.54) is 0 Å². The zero-order valence-electron chi connectivity index (χ0n) is 13.8. The molecule has 1 amide bonds. The third kappa shape index (κ3) is 4.53. The number of ether oxygens (including phenoxy) is 1. The summed E-state index contributed by atoms with van der Waals surface area (Å²) < 4.78 is 5.41. The zero-order chi connectivity index (χ0) is 16.2. The highest BCUT2D eigenvalue weighted by atomic mass is 16.6. The first kappa shape index (κ1) is 16.4. The van der Waals surface area contributed by atoms with Crippen molar-refractivity contribution in [3.63, 3.8) is 0 Å². The number of nitrogens with one attached hydrogen (secondary N) is 1. The molecule has 0 saturated carbocycles. The van der Waals surface area contributed by atoms with Gasteiger partial charge in [0.2, 0.25) is 0 Å². The third-order valence-corrected chi connectivity index (χ3v) is 3.38. The molecular weight excluding hydrogens is 282 g/mol. The summed E-state index contributed by atoms with van der Waals surface area (Å²) in [4.78, 5) is 20.9. The van der Waals surface area contributed by atoms with E-state index in [0.29, 0.717) is 13.1 Å². The fraction of sp³-hybridized carbons (Fsp3) is 0.562. The van der Waals surface area contributed by atoms with Crippen molar-refractivity contribution in [2.45, 2.75) is 26.4 Å². The van der Waals surface area contributed by atoms with Gasteiger partial charge in [-0.1, -0.05) is 0 Å². The van der Waals surface area contributed by atoms with Crippen LogP contribution in [0.4, 0.5) is 16.2 Å². The van der Waals surface area contributed by atoms with Crippen LogP contribution in [0.25, 0.3) is 0 Å². The van der Waals surface area contributed by atoms with Gasteiger partial charge in [0.05, 0.1) is 12.8 Å². The maximum Gasteiger partial charge on any atom is 0.410 e. The molecule has 6 heteroatoms. The minimum absolute atomic E-state index is 0.230. The highest BCUT2D eigenvalue weighted by molar-refractivity contribution is 5.68. The summed E-state index contributed by atoms with van der Waals surface area (Å²) in [6.07, 6.45) is -0.230. The Hall–Kier alpha value is -1.95. The van der Waals surface area contributed by atoms with Gasteiger partial charge in [0.1, 0.15) is 5.60 Å². The summed E-state index contributed by atoms with van der Waals surface area (Å²) in [5.74, 6) is 0. The number of nitrogens with zero attached hydrogens (tertiary/aromatic N) is 2. The van der Waals surface area contributed by atoms with Crippen LogP contribution < -0.4 is 10.4 Å². The lowest BCUT2D eigenvalue weighted by Gasteiger charge is -2.36. The molecule has 1 N–H and O–H groups in total. The average molecular weight is 307 g/mol. The van der Waals surface area contributed by atoms with E-state index in [1.54, 1.807) is 12.0 Å². The van der Waals surface area contributed by atoms with Gasteiger partial charge in [-0.15, -0.1) is 0 Å². The topological polar surface area (TPSA) is 54.0 Å². The van der Waals surface area contributed by atoms with Crippen molar-refractivity contribution in [1.82, 2.24) is 4.90 Å². The normalized spacial score (nSPS) is 15.6. The van der Waals surface area contributed by atoms with E-state index >= 15 is 0 Å². The zero-order valence-corrected chi connectivity index (χ0v) is 13.8. The molecule has 1 aliphatic heterocycles. The van der Waals surface area contributed by atoms with E-state index in [0.717, 1.165) is 24.5 Å². The van der Waals surface area contributed by atoms with Gasteiger partial charge in [-0.05, 0) is 45.0 Å². The van der Waals surface area contributed by atoms with Crippen LogP contribution in [0.1, 0.15) is 20.8 Å². The molecular formula is C16H25N3O3. The lowest BCUT2D eigenvalue weighted by atomic mass is 10.2. The van der Waals surface area contributed by atoms with E-state index in [4.69, 9.17) is 9.57 Å². The van der Waals surface area contributed by atoms with Crippen molar-refractivity contribution < 1.29 is 14.4 Å². The number of amides is 1. The molecule has 1 aromatic rings. The van der Waals surface area contributed by atoms with Crippen molar-refractivity contribution in [2.24, 2.45) is 0 Å². The predicted octanol–water partition coefficient (Wildman–Crippen LogP) is 2.72. The molecule has 0 unspecified atom stereocenters.